The first-order chi connectivity index (χ1) is 6.86. The number of benzene rings is 2. The molecule has 0 nitrogen and oxygen atoms in total. The van der Waals surface area contributed by atoms with Gasteiger partial charge in [0.2, 0.25) is 0 Å². The average molecular weight is 184 g/mol. The minimum atomic E-state index is -0.124. The fourth-order valence-electron chi connectivity index (χ4n) is 2.10. The van der Waals surface area contributed by atoms with Gasteiger partial charge >= 0.3 is 0 Å². The van der Waals surface area contributed by atoms with Crippen LogP contribution in [0.4, 0.5) is 4.39 Å². The first kappa shape index (κ1) is 7.74. The third kappa shape index (κ3) is 0.925. The predicted molar refractivity (Wildman–Crippen MR) is 56.6 cm³/mol. The van der Waals surface area contributed by atoms with E-state index in [0.29, 0.717) is 0 Å². The van der Waals surface area contributed by atoms with Gasteiger partial charge in [-0.15, -0.1) is 0 Å². The van der Waals surface area contributed by atoms with Crippen LogP contribution in [0.15, 0.2) is 36.4 Å². The summed E-state index contributed by atoms with van der Waals surface area (Å²) in [4.78, 5) is 0. The zero-order chi connectivity index (χ0) is 9.54. The van der Waals surface area contributed by atoms with E-state index in [9.17, 15) is 4.39 Å². The van der Waals surface area contributed by atoms with E-state index >= 15 is 0 Å². The van der Waals surface area contributed by atoms with Crippen molar-refractivity contribution in [2.45, 2.75) is 6.42 Å². The number of hydrogen-bond acceptors (Lipinski definition) is 0. The molecule has 0 saturated carbocycles. The van der Waals surface area contributed by atoms with Crippen LogP contribution >= 0.6 is 0 Å². The summed E-state index contributed by atoms with van der Waals surface area (Å²) in [7, 11) is 0. The van der Waals surface area contributed by atoms with Crippen molar-refractivity contribution in [3.63, 3.8) is 0 Å². The molecule has 0 atom stereocenters. The van der Waals surface area contributed by atoms with E-state index in [4.69, 9.17) is 0 Å². The van der Waals surface area contributed by atoms with Crippen molar-refractivity contribution in [1.82, 2.24) is 0 Å². The van der Waals surface area contributed by atoms with Crippen LogP contribution in [0.5, 0.6) is 0 Å². The van der Waals surface area contributed by atoms with Gasteiger partial charge in [-0.3, -0.25) is 0 Å². The third-order valence-corrected chi connectivity index (χ3v) is 2.74. The molecule has 0 saturated heterocycles. The summed E-state index contributed by atoms with van der Waals surface area (Å²) >= 11 is 0. The van der Waals surface area contributed by atoms with Gasteiger partial charge in [0.15, 0.2) is 0 Å². The third-order valence-electron chi connectivity index (χ3n) is 2.74. The van der Waals surface area contributed by atoms with Crippen LogP contribution in [0, 0.1) is 5.82 Å². The van der Waals surface area contributed by atoms with Crippen molar-refractivity contribution in [3.05, 3.63) is 53.4 Å². The molecule has 0 fully saturated rings. The highest BCUT2D eigenvalue weighted by Crippen LogP contribution is 2.29. The molecule has 0 radical (unpaired) electrons. The van der Waals surface area contributed by atoms with E-state index in [2.05, 4.69) is 12.2 Å². The lowest BCUT2D eigenvalue weighted by Crippen LogP contribution is -1.94. The van der Waals surface area contributed by atoms with Crippen molar-refractivity contribution in [3.8, 4) is 0 Å². The first-order valence-corrected chi connectivity index (χ1v) is 4.73. The van der Waals surface area contributed by atoms with Gasteiger partial charge in [0, 0.05) is 5.39 Å². The normalized spacial score (nSPS) is 13.5. The second kappa shape index (κ2) is 2.68. The maximum absolute atomic E-state index is 13.5. The predicted octanol–water partition coefficient (Wildman–Crippen LogP) is 3.55. The topological polar surface area (TPSA) is 0 Å². The van der Waals surface area contributed by atoms with Crippen molar-refractivity contribution in [1.29, 1.82) is 0 Å². The van der Waals surface area contributed by atoms with Crippen LogP contribution in [0.2, 0.25) is 0 Å². The maximum Gasteiger partial charge on any atom is 0.131 e. The van der Waals surface area contributed by atoms with Crippen LogP contribution in [0.1, 0.15) is 11.1 Å². The quantitative estimate of drug-likeness (QED) is 0.587. The summed E-state index contributed by atoms with van der Waals surface area (Å²) < 4.78 is 13.5. The van der Waals surface area contributed by atoms with E-state index in [1.54, 1.807) is 6.07 Å². The Bertz CT molecular complexity index is 538. The standard InChI is InChI=1S/C13H9F/c14-12-8-7-10-4-1-3-9-5-2-6-11(12)13(9)10/h1-3,5-8H,4H2. The fraction of sp³-hybridized carbons (Fsp3) is 0.0769. The Morgan fingerprint density at radius 3 is 2.93 bits per heavy atom. The minimum Gasteiger partial charge on any atom is -0.206 e. The molecule has 0 amide bonds. The molecule has 0 spiro atoms. The van der Waals surface area contributed by atoms with Gasteiger partial charge in [-0.1, -0.05) is 36.4 Å². The molecule has 0 heterocycles. The lowest BCUT2D eigenvalue weighted by atomic mass is 9.93. The molecule has 68 valence electrons. The molecule has 2 aromatic rings. The van der Waals surface area contributed by atoms with E-state index < -0.39 is 0 Å². The Kier molecular flexibility index (Phi) is 1.48. The molecule has 1 heteroatoms. The van der Waals surface area contributed by atoms with Crippen LogP contribution in [-0.2, 0) is 6.42 Å². The molecular weight excluding hydrogens is 175 g/mol. The fourth-order valence-corrected chi connectivity index (χ4v) is 2.10. The number of hydrogen-bond donors (Lipinski definition) is 0. The summed E-state index contributed by atoms with van der Waals surface area (Å²) in [5, 5.41) is 1.82. The van der Waals surface area contributed by atoms with Gasteiger partial charge in [0.05, 0.1) is 0 Å². The van der Waals surface area contributed by atoms with Crippen molar-refractivity contribution < 1.29 is 4.39 Å². The van der Waals surface area contributed by atoms with Crippen LogP contribution in [0.3, 0.4) is 0 Å². The van der Waals surface area contributed by atoms with Gasteiger partial charge in [0.1, 0.15) is 5.82 Å². The van der Waals surface area contributed by atoms with Gasteiger partial charge in [0.25, 0.3) is 0 Å². The molecule has 0 bridgehead atoms. The van der Waals surface area contributed by atoms with E-state index in [1.165, 1.54) is 5.56 Å². The van der Waals surface area contributed by atoms with Crippen LogP contribution < -0.4 is 0 Å². The lowest BCUT2D eigenvalue weighted by molar-refractivity contribution is 0.639. The molecule has 0 aliphatic heterocycles. The Morgan fingerprint density at radius 2 is 2.00 bits per heavy atom. The number of rotatable bonds is 0. The summed E-state index contributed by atoms with van der Waals surface area (Å²) in [6, 6.07) is 9.21. The molecule has 0 N–H and O–H groups in total. The second-order valence-electron chi connectivity index (χ2n) is 3.58. The monoisotopic (exact) mass is 184 g/mol. The van der Waals surface area contributed by atoms with Crippen molar-refractivity contribution >= 4 is 16.8 Å². The lowest BCUT2D eigenvalue weighted by Gasteiger charge is -2.12. The van der Waals surface area contributed by atoms with Gasteiger partial charge in [-0.2, -0.15) is 0 Å². The Balaban J connectivity index is 2.56. The summed E-state index contributed by atoms with van der Waals surface area (Å²) in [6.07, 6.45) is 5.09. The second-order valence-corrected chi connectivity index (χ2v) is 3.58. The average Bonchev–Trinajstić information content (AvgIpc) is 2.24. The number of allylic oxidation sites excluding steroid dienone is 1. The van der Waals surface area contributed by atoms with Crippen molar-refractivity contribution in [2.75, 3.05) is 0 Å². The zero-order valence-corrected chi connectivity index (χ0v) is 7.63. The molecule has 3 rings (SSSR count). The number of halogens is 1. The van der Waals surface area contributed by atoms with Crippen LogP contribution in [0.25, 0.3) is 16.8 Å². The molecule has 14 heavy (non-hydrogen) atoms. The minimum absolute atomic E-state index is 0.124. The van der Waals surface area contributed by atoms with E-state index in [-0.39, 0.29) is 5.82 Å². The largest absolute Gasteiger partial charge is 0.206 e. The highest BCUT2D eigenvalue weighted by atomic mass is 19.1. The Labute approximate surface area is 81.7 Å². The highest BCUT2D eigenvalue weighted by Gasteiger charge is 2.10. The summed E-state index contributed by atoms with van der Waals surface area (Å²) in [6.45, 7) is 0. The van der Waals surface area contributed by atoms with E-state index in [1.807, 2.05) is 24.3 Å². The first-order valence-electron chi connectivity index (χ1n) is 4.73. The molecule has 0 unspecified atom stereocenters. The van der Waals surface area contributed by atoms with E-state index in [0.717, 1.165) is 22.8 Å². The molecule has 1 aliphatic rings. The SMILES string of the molecule is Fc1ccc2c3c(cccc13)C=CC2. The summed E-state index contributed by atoms with van der Waals surface area (Å²) in [5.41, 5.74) is 2.35. The zero-order valence-electron chi connectivity index (χ0n) is 7.63. The van der Waals surface area contributed by atoms with Crippen molar-refractivity contribution in [2.24, 2.45) is 0 Å². The molecule has 0 aromatic heterocycles. The smallest absolute Gasteiger partial charge is 0.131 e. The maximum atomic E-state index is 13.5. The summed E-state index contributed by atoms with van der Waals surface area (Å²) in [5.74, 6) is -0.124. The van der Waals surface area contributed by atoms with Crippen LogP contribution in [-0.4, -0.2) is 0 Å². The Morgan fingerprint density at radius 1 is 1.07 bits per heavy atom. The highest BCUT2D eigenvalue weighted by molar-refractivity contribution is 5.95. The Hall–Kier alpha value is -1.63. The van der Waals surface area contributed by atoms with Gasteiger partial charge in [-0.25, -0.2) is 4.39 Å². The van der Waals surface area contributed by atoms with Gasteiger partial charge < -0.3 is 0 Å². The molecule has 1 aliphatic carbocycles. The molecule has 2 aromatic carbocycles. The van der Waals surface area contributed by atoms with Gasteiger partial charge in [-0.05, 0) is 29.0 Å². The molecular formula is C13H9F.